The summed E-state index contributed by atoms with van der Waals surface area (Å²) in [5.74, 6) is -0.933. The first-order chi connectivity index (χ1) is 52.8. The molecule has 1 unspecified atom stereocenters. The van der Waals surface area contributed by atoms with Gasteiger partial charge in [-0.3, -0.25) is 29.0 Å². The predicted molar refractivity (Wildman–Crippen MR) is 431 cm³/mol. The van der Waals surface area contributed by atoms with Gasteiger partial charge in [-0.2, -0.15) is 0 Å². The fourth-order valence-electron chi connectivity index (χ4n) is 23.3. The number of imide groups is 2. The van der Waals surface area contributed by atoms with E-state index in [1.807, 2.05) is 48.5 Å². The Bertz CT molecular complexity index is 3900. The SMILES string of the molecule is CCCCCCC(CCCCC)CN1C(=O)c2ccc3c4ccc5c6c(ccc(c7ccc(c2c37)C1=O)c64)C(=O)N(CCC[Si]12O[Si]3(C4CCCCC4)O[Si]4(C6CCCCC6)O[Si](C6CCCCC6)(O1)O[Si]1(C6CCCCC6)O[Si](C6CCCCC6)(O2)O[Si](C2CCCCC2)(O3)O[Si](C2CCCCC2)(O4)O1)C5=O. The van der Waals surface area contributed by atoms with Crippen LogP contribution in [0, 0.1) is 5.92 Å². The van der Waals surface area contributed by atoms with Crippen LogP contribution in [-0.4, -0.2) is 117 Å². The number of fused-ring (bicyclic) bond motifs is 2. The first-order valence-corrected chi connectivity index (χ1v) is 58.7. The topological polar surface area (TPSA) is 186 Å². The van der Waals surface area contributed by atoms with Crippen molar-refractivity contribution < 1.29 is 68.6 Å². The van der Waals surface area contributed by atoms with Crippen LogP contribution in [0.1, 0.15) is 344 Å². The molecule has 8 heterocycles. The molecule has 0 N–H and O–H groups in total. The minimum absolute atomic E-state index is 0.0498. The number of hydrogen-bond acceptors (Lipinski definition) is 16. The summed E-state index contributed by atoms with van der Waals surface area (Å²) >= 11 is 0. The summed E-state index contributed by atoms with van der Waals surface area (Å²) in [5, 5.41) is 6.52. The molecule has 1 atom stereocenters. The average molecular weight is 1610 g/mol. The highest BCUT2D eigenvalue weighted by Crippen LogP contribution is 2.66. The molecule has 0 aromatic heterocycles. The number of nitrogens with zero attached hydrogens (tertiary/aromatic N) is 2. The summed E-state index contributed by atoms with van der Waals surface area (Å²) in [4.78, 5) is 64.7. The highest BCUT2D eigenvalue weighted by Gasteiger charge is 2.88. The highest BCUT2D eigenvalue weighted by molar-refractivity contribution is 7.04. The number of rotatable bonds is 22. The molecule has 4 amide bonds. The lowest BCUT2D eigenvalue weighted by molar-refractivity contribution is -0.0517. The molecule has 8 bridgehead atoms. The zero-order valence-corrected chi connectivity index (χ0v) is 72.6. The third-order valence-electron chi connectivity index (χ3n) is 29.0. The molecule has 584 valence electrons. The fourth-order valence-corrected chi connectivity index (χ4v) is 79.5. The second-order valence-corrected chi connectivity index (χ2v) is 61.7. The molecular formula is C82H118N2O16Si8. The van der Waals surface area contributed by atoms with Gasteiger partial charge in [-0.15, -0.1) is 0 Å². The van der Waals surface area contributed by atoms with Gasteiger partial charge in [0.25, 0.3) is 23.6 Å². The third-order valence-corrected chi connectivity index (χ3v) is 68.6. The normalized spacial score (nSPS) is 34.8. The van der Waals surface area contributed by atoms with Crippen LogP contribution >= 0.6 is 0 Å². The molecule has 0 radical (unpaired) electrons. The zero-order chi connectivity index (χ0) is 73.1. The Balaban J connectivity index is 0.734. The summed E-state index contributed by atoms with van der Waals surface area (Å²) in [6.45, 7) is 4.93. The van der Waals surface area contributed by atoms with Crippen LogP contribution < -0.4 is 0 Å². The van der Waals surface area contributed by atoms with E-state index in [0.29, 0.717) is 39.6 Å². The van der Waals surface area contributed by atoms with Crippen LogP contribution in [0.5, 0.6) is 0 Å². The van der Waals surface area contributed by atoms with E-state index >= 15 is 9.59 Å². The van der Waals surface area contributed by atoms with E-state index in [0.717, 1.165) is 308 Å². The van der Waals surface area contributed by atoms with Crippen molar-refractivity contribution >= 4 is 137 Å². The minimum atomic E-state index is -4.53. The summed E-state index contributed by atoms with van der Waals surface area (Å²) in [6.07, 6.45) is 44.6. The lowest BCUT2D eigenvalue weighted by Gasteiger charge is -2.68. The Hall–Kier alpha value is -3.06. The van der Waals surface area contributed by atoms with Gasteiger partial charge in [0, 0.05) is 90.9 Å². The Labute approximate surface area is 648 Å². The van der Waals surface area contributed by atoms with Gasteiger partial charge < -0.3 is 49.4 Å². The molecule has 15 aliphatic rings. The van der Waals surface area contributed by atoms with Gasteiger partial charge in [0.1, 0.15) is 0 Å². The first-order valence-electron chi connectivity index (χ1n) is 44.1. The minimum Gasteiger partial charge on any atom is -0.373 e. The van der Waals surface area contributed by atoms with Crippen LogP contribution in [0.15, 0.2) is 48.5 Å². The van der Waals surface area contributed by atoms with Crippen LogP contribution in [-0.2, 0) is 49.4 Å². The van der Waals surface area contributed by atoms with Crippen LogP contribution in [0.25, 0.3) is 43.1 Å². The Kier molecular flexibility index (Phi) is 21.0. The number of carbonyl (C=O) groups is 4. The molecule has 18 nitrogen and oxygen atoms in total. The summed E-state index contributed by atoms with van der Waals surface area (Å²) in [6, 6.07) is 16.0. The standard InChI is InChI=1S/C82H118N2O16Si8/c1-3-5-7-16-33-59(32-15-6-4-2)58-84-81(87)73-54-50-69-67-48-52-71-77-72(53-49-68(75(67)77)70-51-55-74(82(84)88)78(73)76(69)70)80(86)83(79(71)85)56-31-57-101-89-102(60-34-17-8-18-35-60)92-105(63-40-23-11-24-41-63)94-103(90-101,61-36-19-9-20-37-61)96-107(65-44-27-13-28-45-65)97-104(91-101,62-38-21-10-22-39-62)95-106(93-102,64-42-25-12-26-43-64)99-108(98-105,100-107)66-46-29-14-30-47-66/h48-55,59-66H,3-47,56-58H2,1-2H3. The van der Waals surface area contributed by atoms with E-state index in [1.54, 1.807) is 0 Å². The molecule has 0 spiro atoms. The molecule has 108 heavy (non-hydrogen) atoms. The van der Waals surface area contributed by atoms with Gasteiger partial charge in [0.15, 0.2) is 0 Å². The smallest absolute Gasteiger partial charge is 0.373 e. The second kappa shape index (κ2) is 30.2. The monoisotopic (exact) mass is 1610 g/mol. The third kappa shape index (κ3) is 12.8. The van der Waals surface area contributed by atoms with E-state index in [4.69, 9.17) is 49.4 Å². The number of amides is 4. The summed E-state index contributed by atoms with van der Waals surface area (Å²) in [7, 11) is -34.5. The van der Waals surface area contributed by atoms with Crippen LogP contribution in [0.2, 0.25) is 44.8 Å². The van der Waals surface area contributed by atoms with Crippen LogP contribution in [0.3, 0.4) is 0 Å². The van der Waals surface area contributed by atoms with Gasteiger partial charge in [0.2, 0.25) is 0 Å². The molecule has 5 aromatic carbocycles. The molecule has 7 saturated carbocycles. The summed E-state index contributed by atoms with van der Waals surface area (Å²) < 4.78 is 106. The van der Waals surface area contributed by atoms with Gasteiger partial charge in [-0.05, 0) is 172 Å². The number of benzene rings is 5. The molecule has 5 aromatic rings. The van der Waals surface area contributed by atoms with Gasteiger partial charge >= 0.3 is 70.4 Å². The van der Waals surface area contributed by atoms with Crippen molar-refractivity contribution in [3.8, 4) is 0 Å². The molecule has 6 saturated heterocycles. The van der Waals surface area contributed by atoms with E-state index in [2.05, 4.69) is 13.8 Å². The molecular weight excluding hydrogens is 1490 g/mol. The van der Waals surface area contributed by atoms with Crippen molar-refractivity contribution in [2.24, 2.45) is 5.92 Å². The predicted octanol–water partition coefficient (Wildman–Crippen LogP) is 21.6. The van der Waals surface area contributed by atoms with Crippen molar-refractivity contribution in [3.05, 3.63) is 70.8 Å². The highest BCUT2D eigenvalue weighted by atomic mass is 28.6. The van der Waals surface area contributed by atoms with Crippen molar-refractivity contribution in [2.45, 2.75) is 348 Å². The van der Waals surface area contributed by atoms with Gasteiger partial charge in [0.05, 0.1) is 0 Å². The maximum atomic E-state index is 16.0. The van der Waals surface area contributed by atoms with E-state index < -0.39 is 70.4 Å². The second-order valence-electron chi connectivity index (χ2n) is 35.9. The largest absolute Gasteiger partial charge is 0.482 e. The Morgan fingerprint density at radius 1 is 0.296 bits per heavy atom. The van der Waals surface area contributed by atoms with Crippen LogP contribution in [0.4, 0.5) is 0 Å². The van der Waals surface area contributed by atoms with Crippen molar-refractivity contribution in [2.75, 3.05) is 13.1 Å². The zero-order valence-electron chi connectivity index (χ0n) is 64.6. The number of unbranched alkanes of at least 4 members (excludes halogenated alkanes) is 5. The summed E-state index contributed by atoms with van der Waals surface area (Å²) in [5.41, 5.74) is 1.25. The number of hydrogen-bond donors (Lipinski definition) is 0. The van der Waals surface area contributed by atoms with E-state index in [9.17, 15) is 9.59 Å². The van der Waals surface area contributed by atoms with Crippen molar-refractivity contribution in [1.29, 1.82) is 0 Å². The lowest BCUT2D eigenvalue weighted by Crippen LogP contribution is -2.91. The van der Waals surface area contributed by atoms with Crippen molar-refractivity contribution in [1.82, 2.24) is 9.80 Å². The molecule has 7 aliphatic carbocycles. The fraction of sp³-hybridized carbons (Fsp3) is 0.707. The van der Waals surface area contributed by atoms with Crippen molar-refractivity contribution in [3.63, 3.8) is 0 Å². The van der Waals surface area contributed by atoms with Gasteiger partial charge in [-0.1, -0.05) is 218 Å². The first kappa shape index (κ1) is 75.0. The molecule has 20 rings (SSSR count). The number of carbonyl (C=O) groups excluding carboxylic acids is 4. The quantitative estimate of drug-likeness (QED) is 0.0209. The molecule has 26 heteroatoms. The lowest BCUT2D eigenvalue weighted by atomic mass is 9.82. The Morgan fingerprint density at radius 2 is 0.546 bits per heavy atom. The van der Waals surface area contributed by atoms with E-state index in [1.165, 1.54) is 16.2 Å². The Morgan fingerprint density at radius 3 is 0.824 bits per heavy atom. The maximum Gasteiger partial charge on any atom is 0.482 e. The average Bonchev–Trinajstić information content (AvgIpc) is 0.667. The van der Waals surface area contributed by atoms with Gasteiger partial charge in [-0.25, -0.2) is 0 Å². The molecule has 8 aliphatic heterocycles. The van der Waals surface area contributed by atoms with E-state index in [-0.39, 0.29) is 87.3 Å². The molecule has 13 fully saturated rings. The maximum absolute atomic E-state index is 16.0.